The molecule has 1 fully saturated rings. The molecule has 0 bridgehead atoms. The van der Waals surface area contributed by atoms with Crippen LogP contribution >= 0.6 is 24.0 Å². The van der Waals surface area contributed by atoms with Crippen molar-refractivity contribution in [2.75, 3.05) is 0 Å². The van der Waals surface area contributed by atoms with E-state index in [1.54, 1.807) is 11.3 Å². The van der Waals surface area contributed by atoms with Gasteiger partial charge in [0.15, 0.2) is 0 Å². The molecule has 0 saturated heterocycles. The van der Waals surface area contributed by atoms with Crippen LogP contribution in [0.25, 0.3) is 0 Å². The molecule has 0 unspecified atom stereocenters. The average Bonchev–Trinajstić information content (AvgIpc) is 2.74. The Morgan fingerprint density at radius 2 is 2.25 bits per heavy atom. The predicted octanol–water partition coefficient (Wildman–Crippen LogP) is 3.23. The Balaban J connectivity index is 2.19. The zero-order valence-corrected chi connectivity index (χ0v) is 8.70. The molecule has 66 valence electrons. The highest BCUT2D eigenvalue weighted by Gasteiger charge is 2.21. The lowest BCUT2D eigenvalue weighted by Crippen LogP contribution is -1.95. The van der Waals surface area contributed by atoms with Crippen molar-refractivity contribution < 1.29 is 0 Å². The van der Waals surface area contributed by atoms with Crippen LogP contribution in [0.2, 0.25) is 0 Å². The Morgan fingerprint density at radius 3 is 2.92 bits per heavy atom. The zero-order chi connectivity index (χ0) is 8.39. The highest BCUT2D eigenvalue weighted by Crippen LogP contribution is 2.36. The first-order valence-electron chi connectivity index (χ1n) is 4.45. The first-order chi connectivity index (χ1) is 5.92. The fourth-order valence-corrected chi connectivity index (χ4v) is 3.02. The van der Waals surface area contributed by atoms with Crippen molar-refractivity contribution in [3.63, 3.8) is 0 Å². The van der Waals surface area contributed by atoms with Gasteiger partial charge in [0.05, 0.1) is 11.2 Å². The summed E-state index contributed by atoms with van der Waals surface area (Å²) in [6.07, 6.45) is 5.44. The third-order valence-electron chi connectivity index (χ3n) is 2.56. The van der Waals surface area contributed by atoms with Crippen LogP contribution < -0.4 is 0 Å². The highest BCUT2D eigenvalue weighted by molar-refractivity contribution is 7.79. The van der Waals surface area contributed by atoms with Gasteiger partial charge >= 0.3 is 0 Å². The van der Waals surface area contributed by atoms with E-state index >= 15 is 0 Å². The van der Waals surface area contributed by atoms with Crippen LogP contribution in [0.3, 0.4) is 0 Å². The topological polar surface area (TPSA) is 12.9 Å². The maximum atomic E-state index is 4.44. The molecule has 1 aliphatic carbocycles. The van der Waals surface area contributed by atoms with E-state index in [2.05, 4.69) is 17.6 Å². The lowest BCUT2D eigenvalue weighted by atomic mass is 10.0. The molecule has 1 saturated carbocycles. The minimum Gasteiger partial charge on any atom is -0.249 e. The molecule has 12 heavy (non-hydrogen) atoms. The van der Waals surface area contributed by atoms with E-state index in [0.29, 0.717) is 0 Å². The van der Waals surface area contributed by atoms with E-state index in [-0.39, 0.29) is 0 Å². The summed E-state index contributed by atoms with van der Waals surface area (Å²) < 4.78 is 0. The summed E-state index contributed by atoms with van der Waals surface area (Å²) in [5.41, 5.74) is 3.30. The van der Waals surface area contributed by atoms with Gasteiger partial charge in [0.1, 0.15) is 0 Å². The average molecular weight is 199 g/mol. The van der Waals surface area contributed by atoms with Crippen LogP contribution in [-0.2, 0) is 5.75 Å². The van der Waals surface area contributed by atoms with Gasteiger partial charge in [0.25, 0.3) is 0 Å². The summed E-state index contributed by atoms with van der Waals surface area (Å²) in [5, 5.41) is 0. The lowest BCUT2D eigenvalue weighted by molar-refractivity contribution is 0.698. The second-order valence-electron chi connectivity index (χ2n) is 3.30. The van der Waals surface area contributed by atoms with Gasteiger partial charge in [0.2, 0.25) is 0 Å². The Bertz CT molecular complexity index is 251. The summed E-state index contributed by atoms with van der Waals surface area (Å²) in [4.78, 5) is 5.82. The molecule has 3 heteroatoms. The molecule has 0 spiro atoms. The van der Waals surface area contributed by atoms with Gasteiger partial charge in [0, 0.05) is 16.5 Å². The first kappa shape index (κ1) is 8.57. The number of thiazole rings is 1. The van der Waals surface area contributed by atoms with E-state index in [1.807, 2.05) is 5.51 Å². The SMILES string of the molecule is SCc1scnc1C1CCCC1. The molecule has 1 nitrogen and oxygen atoms in total. The smallest absolute Gasteiger partial charge is 0.0798 e. The van der Waals surface area contributed by atoms with Gasteiger partial charge in [-0.2, -0.15) is 12.6 Å². The Morgan fingerprint density at radius 1 is 1.50 bits per heavy atom. The van der Waals surface area contributed by atoms with Crippen molar-refractivity contribution in [2.24, 2.45) is 0 Å². The molecule has 1 heterocycles. The summed E-state index contributed by atoms with van der Waals surface area (Å²) in [6, 6.07) is 0. The van der Waals surface area contributed by atoms with Crippen molar-refractivity contribution in [3.8, 4) is 0 Å². The van der Waals surface area contributed by atoms with Crippen molar-refractivity contribution in [2.45, 2.75) is 37.4 Å². The molecular formula is C9H13NS2. The molecular weight excluding hydrogens is 186 g/mol. The molecule has 0 N–H and O–H groups in total. The van der Waals surface area contributed by atoms with Crippen LogP contribution in [0.15, 0.2) is 5.51 Å². The number of rotatable bonds is 2. The van der Waals surface area contributed by atoms with E-state index in [1.165, 1.54) is 36.3 Å². The number of hydrogen-bond acceptors (Lipinski definition) is 3. The van der Waals surface area contributed by atoms with Gasteiger partial charge in [-0.3, -0.25) is 0 Å². The molecule has 2 rings (SSSR count). The quantitative estimate of drug-likeness (QED) is 0.722. The van der Waals surface area contributed by atoms with Gasteiger partial charge in [-0.05, 0) is 12.8 Å². The van der Waals surface area contributed by atoms with Gasteiger partial charge in [-0.25, -0.2) is 4.98 Å². The van der Waals surface area contributed by atoms with Crippen molar-refractivity contribution in [1.29, 1.82) is 0 Å². The molecule has 0 aliphatic heterocycles. The third-order valence-corrected chi connectivity index (χ3v) is 3.94. The van der Waals surface area contributed by atoms with E-state index in [9.17, 15) is 0 Å². The van der Waals surface area contributed by atoms with Gasteiger partial charge < -0.3 is 0 Å². The third kappa shape index (κ3) is 1.52. The zero-order valence-electron chi connectivity index (χ0n) is 6.99. The molecule has 0 radical (unpaired) electrons. The first-order valence-corrected chi connectivity index (χ1v) is 5.96. The standard InChI is InChI=1S/C9H13NS2/c11-5-8-9(10-6-12-8)7-3-1-2-4-7/h6-7,11H,1-5H2. The van der Waals surface area contributed by atoms with Gasteiger partial charge in [-0.15, -0.1) is 11.3 Å². The van der Waals surface area contributed by atoms with Crippen molar-refractivity contribution in [3.05, 3.63) is 16.1 Å². The Labute approximate surface area is 82.6 Å². The largest absolute Gasteiger partial charge is 0.249 e. The monoisotopic (exact) mass is 199 g/mol. The second-order valence-corrected chi connectivity index (χ2v) is 4.56. The highest BCUT2D eigenvalue weighted by atomic mass is 32.1. The fraction of sp³-hybridized carbons (Fsp3) is 0.667. The Kier molecular flexibility index (Phi) is 2.71. The molecule has 1 aromatic rings. The van der Waals surface area contributed by atoms with Crippen LogP contribution in [0.4, 0.5) is 0 Å². The maximum Gasteiger partial charge on any atom is 0.0798 e. The van der Waals surface area contributed by atoms with Crippen molar-refractivity contribution >= 4 is 24.0 Å². The second kappa shape index (κ2) is 3.79. The number of aromatic nitrogens is 1. The fourth-order valence-electron chi connectivity index (χ4n) is 1.93. The van der Waals surface area contributed by atoms with Crippen LogP contribution in [0, 0.1) is 0 Å². The molecule has 0 atom stereocenters. The molecule has 1 aliphatic rings. The number of hydrogen-bond donors (Lipinski definition) is 1. The minimum atomic E-state index is 0.749. The molecule has 0 amide bonds. The lowest BCUT2D eigenvalue weighted by Gasteiger charge is -2.06. The molecule has 1 aromatic heterocycles. The molecule has 0 aromatic carbocycles. The Hall–Kier alpha value is -0.0200. The van der Waals surface area contributed by atoms with E-state index in [4.69, 9.17) is 0 Å². The summed E-state index contributed by atoms with van der Waals surface area (Å²) >= 11 is 6.06. The van der Waals surface area contributed by atoms with E-state index < -0.39 is 0 Å². The van der Waals surface area contributed by atoms with E-state index in [0.717, 1.165) is 11.7 Å². The van der Waals surface area contributed by atoms with Crippen LogP contribution in [0.1, 0.15) is 42.2 Å². The summed E-state index contributed by atoms with van der Waals surface area (Å²) in [5.74, 6) is 1.61. The predicted molar refractivity (Wildman–Crippen MR) is 56.0 cm³/mol. The summed E-state index contributed by atoms with van der Waals surface area (Å²) in [6.45, 7) is 0. The summed E-state index contributed by atoms with van der Waals surface area (Å²) in [7, 11) is 0. The van der Waals surface area contributed by atoms with Crippen LogP contribution in [0.5, 0.6) is 0 Å². The normalized spacial score (nSPS) is 18.8. The minimum absolute atomic E-state index is 0.749. The maximum absolute atomic E-state index is 4.44. The number of thiol groups is 1. The number of nitrogens with zero attached hydrogens (tertiary/aromatic N) is 1. The van der Waals surface area contributed by atoms with Crippen LogP contribution in [-0.4, -0.2) is 4.98 Å². The van der Waals surface area contributed by atoms with Crippen molar-refractivity contribution in [1.82, 2.24) is 4.98 Å². The van der Waals surface area contributed by atoms with Gasteiger partial charge in [-0.1, -0.05) is 12.8 Å².